The van der Waals surface area contributed by atoms with Crippen LogP contribution < -0.4 is 10.5 Å². The second kappa shape index (κ2) is 7.49. The average Bonchev–Trinajstić information content (AvgIpc) is 2.53. The van der Waals surface area contributed by atoms with Crippen molar-refractivity contribution >= 4 is 0 Å². The fourth-order valence-electron chi connectivity index (χ4n) is 2.04. The van der Waals surface area contributed by atoms with Crippen LogP contribution in [0.4, 0.5) is 0 Å². The van der Waals surface area contributed by atoms with Gasteiger partial charge in [0, 0.05) is 18.2 Å². The minimum absolute atomic E-state index is 0.0816. The number of methoxy groups -OCH3 is 1. The molecule has 0 aliphatic rings. The first-order valence-electron chi connectivity index (χ1n) is 6.86. The summed E-state index contributed by atoms with van der Waals surface area (Å²) in [4.78, 5) is 0. The Morgan fingerprint density at radius 1 is 1.14 bits per heavy atom. The van der Waals surface area contributed by atoms with Gasteiger partial charge in [0.1, 0.15) is 5.75 Å². The third-order valence-corrected chi connectivity index (χ3v) is 3.20. The van der Waals surface area contributed by atoms with E-state index < -0.39 is 0 Å². The lowest BCUT2D eigenvalue weighted by molar-refractivity contribution is 0.276. The summed E-state index contributed by atoms with van der Waals surface area (Å²) in [6.07, 6.45) is 0.545. The van der Waals surface area contributed by atoms with Crippen LogP contribution in [0.15, 0.2) is 48.5 Å². The second-order valence-corrected chi connectivity index (χ2v) is 4.69. The van der Waals surface area contributed by atoms with Gasteiger partial charge in [0.25, 0.3) is 0 Å². The maximum absolute atomic E-state index is 8.96. The molecule has 3 heteroatoms. The van der Waals surface area contributed by atoms with Gasteiger partial charge in [-0.1, -0.05) is 36.1 Å². The Bertz CT molecular complexity index is 656. The van der Waals surface area contributed by atoms with Gasteiger partial charge in [-0.2, -0.15) is 0 Å². The highest BCUT2D eigenvalue weighted by molar-refractivity contribution is 5.50. The molecule has 108 valence electrons. The number of para-hydroxylation sites is 1. The molecule has 0 aliphatic heterocycles. The third-order valence-electron chi connectivity index (χ3n) is 3.20. The lowest BCUT2D eigenvalue weighted by Crippen LogP contribution is -2.11. The standard InChI is InChI=1S/C18H19NO2/c1-21-18-8-3-2-6-15(18)10-9-14-5-4-7-16(13-14)17(19)11-12-20/h2-8,13,17,20H,11-12,19H2,1H3. The molecule has 0 spiro atoms. The van der Waals surface area contributed by atoms with Crippen molar-refractivity contribution in [1.29, 1.82) is 0 Å². The summed E-state index contributed by atoms with van der Waals surface area (Å²) in [5, 5.41) is 8.96. The number of ether oxygens (including phenoxy) is 1. The first kappa shape index (κ1) is 15.1. The summed E-state index contributed by atoms with van der Waals surface area (Å²) in [7, 11) is 1.63. The molecular formula is C18H19NO2. The minimum Gasteiger partial charge on any atom is -0.495 e. The normalized spacial score (nSPS) is 11.4. The van der Waals surface area contributed by atoms with Crippen molar-refractivity contribution in [3.05, 3.63) is 65.2 Å². The van der Waals surface area contributed by atoms with Crippen LogP contribution in [0, 0.1) is 11.8 Å². The largest absolute Gasteiger partial charge is 0.495 e. The maximum atomic E-state index is 8.96. The van der Waals surface area contributed by atoms with Crippen LogP contribution in [0.1, 0.15) is 29.2 Å². The van der Waals surface area contributed by atoms with E-state index in [2.05, 4.69) is 11.8 Å². The summed E-state index contributed by atoms with van der Waals surface area (Å²) < 4.78 is 5.28. The lowest BCUT2D eigenvalue weighted by atomic mass is 10.0. The molecular weight excluding hydrogens is 262 g/mol. The molecule has 0 bridgehead atoms. The van der Waals surface area contributed by atoms with Crippen molar-refractivity contribution < 1.29 is 9.84 Å². The summed E-state index contributed by atoms with van der Waals surface area (Å²) in [5.74, 6) is 7.00. The van der Waals surface area contributed by atoms with E-state index in [1.54, 1.807) is 7.11 Å². The van der Waals surface area contributed by atoms with Gasteiger partial charge in [-0.05, 0) is 36.2 Å². The van der Waals surface area contributed by atoms with Gasteiger partial charge >= 0.3 is 0 Å². The van der Waals surface area contributed by atoms with E-state index in [0.29, 0.717) is 6.42 Å². The van der Waals surface area contributed by atoms with Crippen molar-refractivity contribution in [2.75, 3.05) is 13.7 Å². The topological polar surface area (TPSA) is 55.5 Å². The summed E-state index contributed by atoms with van der Waals surface area (Å²) in [5.41, 5.74) is 8.73. The summed E-state index contributed by atoms with van der Waals surface area (Å²) in [6, 6.07) is 15.3. The molecule has 2 rings (SSSR count). The fourth-order valence-corrected chi connectivity index (χ4v) is 2.04. The van der Waals surface area contributed by atoms with Gasteiger partial charge in [-0.15, -0.1) is 0 Å². The number of hydrogen-bond acceptors (Lipinski definition) is 3. The van der Waals surface area contributed by atoms with Crippen LogP contribution in [0.25, 0.3) is 0 Å². The summed E-state index contributed by atoms with van der Waals surface area (Å²) in [6.45, 7) is 0.0816. The van der Waals surface area contributed by atoms with Gasteiger partial charge in [0.15, 0.2) is 0 Å². The third kappa shape index (κ3) is 4.09. The van der Waals surface area contributed by atoms with Crippen molar-refractivity contribution in [2.24, 2.45) is 5.73 Å². The highest BCUT2D eigenvalue weighted by Gasteiger charge is 2.05. The van der Waals surface area contributed by atoms with Gasteiger partial charge in [-0.25, -0.2) is 0 Å². The smallest absolute Gasteiger partial charge is 0.134 e. The lowest BCUT2D eigenvalue weighted by Gasteiger charge is -2.10. The van der Waals surface area contributed by atoms with Gasteiger partial charge in [0.05, 0.1) is 12.7 Å². The second-order valence-electron chi connectivity index (χ2n) is 4.69. The number of nitrogens with two attached hydrogens (primary N) is 1. The first-order valence-corrected chi connectivity index (χ1v) is 6.86. The maximum Gasteiger partial charge on any atom is 0.134 e. The number of rotatable bonds is 4. The number of aliphatic hydroxyl groups is 1. The molecule has 0 saturated carbocycles. The monoisotopic (exact) mass is 281 g/mol. The Morgan fingerprint density at radius 2 is 1.95 bits per heavy atom. The molecule has 21 heavy (non-hydrogen) atoms. The Labute approximate surface area is 125 Å². The highest BCUT2D eigenvalue weighted by atomic mass is 16.5. The molecule has 0 amide bonds. The zero-order valence-electron chi connectivity index (χ0n) is 12.0. The average molecular weight is 281 g/mol. The van der Waals surface area contributed by atoms with Gasteiger partial charge in [-0.3, -0.25) is 0 Å². The molecule has 0 saturated heterocycles. The molecule has 0 heterocycles. The molecule has 3 nitrogen and oxygen atoms in total. The predicted octanol–water partition coefficient (Wildman–Crippen LogP) is 2.48. The van der Waals surface area contributed by atoms with E-state index in [1.165, 1.54) is 0 Å². The van der Waals surface area contributed by atoms with Crippen molar-refractivity contribution in [3.8, 4) is 17.6 Å². The van der Waals surface area contributed by atoms with E-state index in [-0.39, 0.29) is 12.6 Å². The van der Waals surface area contributed by atoms with Gasteiger partial charge < -0.3 is 15.6 Å². The van der Waals surface area contributed by atoms with Crippen LogP contribution >= 0.6 is 0 Å². The molecule has 0 fully saturated rings. The van der Waals surface area contributed by atoms with Crippen LogP contribution in [-0.4, -0.2) is 18.8 Å². The summed E-state index contributed by atoms with van der Waals surface area (Å²) >= 11 is 0. The van der Waals surface area contributed by atoms with E-state index >= 15 is 0 Å². The molecule has 1 unspecified atom stereocenters. The van der Waals surface area contributed by atoms with Gasteiger partial charge in [0.2, 0.25) is 0 Å². The van der Waals surface area contributed by atoms with E-state index in [0.717, 1.165) is 22.4 Å². The number of benzene rings is 2. The zero-order chi connectivity index (χ0) is 15.1. The van der Waals surface area contributed by atoms with Crippen LogP contribution in [0.3, 0.4) is 0 Å². The minimum atomic E-state index is -0.164. The van der Waals surface area contributed by atoms with E-state index in [1.807, 2.05) is 48.5 Å². The zero-order valence-corrected chi connectivity index (χ0v) is 12.0. The number of hydrogen-bond donors (Lipinski definition) is 2. The molecule has 2 aromatic rings. The molecule has 1 atom stereocenters. The van der Waals surface area contributed by atoms with Crippen LogP contribution in [0.2, 0.25) is 0 Å². The quantitative estimate of drug-likeness (QED) is 0.847. The SMILES string of the molecule is COc1ccccc1C#Cc1cccc(C(N)CCO)c1. The Balaban J connectivity index is 2.24. The molecule has 3 N–H and O–H groups in total. The van der Waals surface area contributed by atoms with Crippen LogP contribution in [0.5, 0.6) is 5.75 Å². The van der Waals surface area contributed by atoms with Crippen molar-refractivity contribution in [2.45, 2.75) is 12.5 Å². The van der Waals surface area contributed by atoms with Crippen molar-refractivity contribution in [1.82, 2.24) is 0 Å². The first-order chi connectivity index (χ1) is 10.2. The molecule has 0 aliphatic carbocycles. The highest BCUT2D eigenvalue weighted by Crippen LogP contribution is 2.17. The Kier molecular flexibility index (Phi) is 5.39. The van der Waals surface area contributed by atoms with Crippen LogP contribution in [-0.2, 0) is 0 Å². The van der Waals surface area contributed by atoms with E-state index in [9.17, 15) is 0 Å². The predicted molar refractivity (Wildman–Crippen MR) is 84.0 cm³/mol. The Hall–Kier alpha value is -2.28. The number of aliphatic hydroxyl groups excluding tert-OH is 1. The molecule has 2 aromatic carbocycles. The Morgan fingerprint density at radius 3 is 2.71 bits per heavy atom. The molecule has 0 aromatic heterocycles. The van der Waals surface area contributed by atoms with E-state index in [4.69, 9.17) is 15.6 Å². The fraction of sp³-hybridized carbons (Fsp3) is 0.222. The van der Waals surface area contributed by atoms with Crippen molar-refractivity contribution in [3.63, 3.8) is 0 Å². The molecule has 0 radical (unpaired) electrons.